The second kappa shape index (κ2) is 7.89. The lowest BCUT2D eigenvalue weighted by Crippen LogP contribution is -2.56. The molecule has 3 fully saturated rings. The Morgan fingerprint density at radius 1 is 1.23 bits per heavy atom. The average molecular weight is 421 g/mol. The van der Waals surface area contributed by atoms with Crippen LogP contribution in [0.15, 0.2) is 36.8 Å². The second-order valence-corrected chi connectivity index (χ2v) is 8.64. The molecule has 160 valence electrons. The third-order valence-electron chi connectivity index (χ3n) is 6.84. The highest BCUT2D eigenvalue weighted by Crippen LogP contribution is 2.44. The lowest BCUT2D eigenvalue weighted by atomic mass is 9.75. The van der Waals surface area contributed by atoms with E-state index >= 15 is 0 Å². The fraction of sp³-hybridized carbons (Fsp3) is 0.478. The van der Waals surface area contributed by atoms with Gasteiger partial charge in [-0.1, -0.05) is 0 Å². The molecule has 2 aliphatic heterocycles. The molecule has 1 saturated carbocycles. The minimum absolute atomic E-state index is 0.00886. The fourth-order valence-corrected chi connectivity index (χ4v) is 5.05. The van der Waals surface area contributed by atoms with Crippen molar-refractivity contribution in [2.75, 3.05) is 24.6 Å². The molecule has 1 amide bonds. The van der Waals surface area contributed by atoms with E-state index in [0.717, 1.165) is 37.9 Å². The van der Waals surface area contributed by atoms with Crippen molar-refractivity contribution in [2.45, 2.75) is 49.8 Å². The Labute approximate surface area is 180 Å². The zero-order valence-electron chi connectivity index (χ0n) is 17.2. The Morgan fingerprint density at radius 2 is 2.00 bits per heavy atom. The Hall–Kier alpha value is -3.05. The number of halogens is 1. The van der Waals surface area contributed by atoms with Crippen LogP contribution in [0.5, 0.6) is 0 Å². The summed E-state index contributed by atoms with van der Waals surface area (Å²) in [7, 11) is 0. The van der Waals surface area contributed by atoms with Gasteiger partial charge in [-0.15, -0.1) is 0 Å². The molecule has 1 aliphatic carbocycles. The third-order valence-corrected chi connectivity index (χ3v) is 6.84. The van der Waals surface area contributed by atoms with E-state index in [-0.39, 0.29) is 30.4 Å². The maximum atomic E-state index is 13.6. The zero-order chi connectivity index (χ0) is 21.4. The minimum Gasteiger partial charge on any atom is -0.360 e. The molecule has 0 spiro atoms. The number of fused-ring (bicyclic) bond motifs is 2. The first kappa shape index (κ1) is 19.9. The number of hydrogen-bond acceptors (Lipinski definition) is 6. The van der Waals surface area contributed by atoms with Crippen LogP contribution in [0.4, 0.5) is 10.2 Å². The molecule has 0 radical (unpaired) electrons. The Bertz CT molecular complexity index is 1000. The second-order valence-electron chi connectivity index (χ2n) is 8.64. The Morgan fingerprint density at radius 3 is 2.58 bits per heavy atom. The number of amides is 1. The molecular weight excluding hydrogens is 397 g/mol. The topological polar surface area (TPSA) is 82.4 Å². The summed E-state index contributed by atoms with van der Waals surface area (Å²) in [6, 6.07) is 7.66. The fourth-order valence-electron chi connectivity index (χ4n) is 5.05. The van der Waals surface area contributed by atoms with E-state index in [9.17, 15) is 9.18 Å². The van der Waals surface area contributed by atoms with Crippen molar-refractivity contribution >= 4 is 11.7 Å². The summed E-state index contributed by atoms with van der Waals surface area (Å²) in [5, 5.41) is 8.99. The van der Waals surface area contributed by atoms with Gasteiger partial charge < -0.3 is 14.5 Å². The predicted octanol–water partition coefficient (Wildman–Crippen LogP) is 2.76. The number of pyridine rings is 2. The first-order valence-electron chi connectivity index (χ1n) is 10.8. The van der Waals surface area contributed by atoms with Crippen molar-refractivity contribution in [1.82, 2.24) is 14.9 Å². The summed E-state index contributed by atoms with van der Waals surface area (Å²) in [4.78, 5) is 25.5. The van der Waals surface area contributed by atoms with Crippen molar-refractivity contribution in [1.29, 1.82) is 5.26 Å². The van der Waals surface area contributed by atoms with Crippen LogP contribution in [-0.2, 0) is 15.1 Å². The van der Waals surface area contributed by atoms with Gasteiger partial charge in [-0.25, -0.2) is 9.37 Å². The normalized spacial score (nSPS) is 23.9. The summed E-state index contributed by atoms with van der Waals surface area (Å²) in [5.74, 6) is 0.449. The highest BCUT2D eigenvalue weighted by atomic mass is 19.1. The van der Waals surface area contributed by atoms with Crippen molar-refractivity contribution in [3.05, 3.63) is 53.7 Å². The van der Waals surface area contributed by atoms with Crippen LogP contribution in [-0.4, -0.2) is 52.6 Å². The van der Waals surface area contributed by atoms with Crippen LogP contribution < -0.4 is 4.90 Å². The summed E-state index contributed by atoms with van der Waals surface area (Å²) >= 11 is 0. The van der Waals surface area contributed by atoms with Gasteiger partial charge in [-0.2, -0.15) is 5.26 Å². The van der Waals surface area contributed by atoms with Gasteiger partial charge in [0, 0.05) is 43.1 Å². The number of hydrogen-bond donors (Lipinski definition) is 0. The van der Waals surface area contributed by atoms with Gasteiger partial charge >= 0.3 is 0 Å². The number of carbonyl (C=O) groups is 1. The molecule has 8 heteroatoms. The molecule has 4 heterocycles. The van der Waals surface area contributed by atoms with E-state index in [4.69, 9.17) is 10.00 Å². The van der Waals surface area contributed by atoms with Crippen LogP contribution >= 0.6 is 0 Å². The average Bonchev–Trinajstić information content (AvgIpc) is 3.02. The standard InChI is InChI=1S/C23H24FN5O2/c24-18-8-17(11-26-12-18)23(6-1-7-23)31-15-22(30)28-13-19-3-4-20(14-28)29(19)21-5-2-16(9-25)10-27-21/h2,5,8,10-12,19-20H,1,3-4,6-7,13-15H2/t19-,20?/m0/s1. The molecule has 2 bridgehead atoms. The van der Waals surface area contributed by atoms with E-state index in [1.807, 2.05) is 11.0 Å². The highest BCUT2D eigenvalue weighted by molar-refractivity contribution is 5.78. The molecule has 31 heavy (non-hydrogen) atoms. The Kier molecular flexibility index (Phi) is 5.06. The molecule has 7 nitrogen and oxygen atoms in total. The maximum absolute atomic E-state index is 13.6. The van der Waals surface area contributed by atoms with Crippen LogP contribution in [0.2, 0.25) is 0 Å². The number of piperazine rings is 1. The van der Waals surface area contributed by atoms with Gasteiger partial charge in [0.25, 0.3) is 0 Å². The monoisotopic (exact) mass is 421 g/mol. The van der Waals surface area contributed by atoms with Gasteiger partial charge in [0.15, 0.2) is 0 Å². The quantitative estimate of drug-likeness (QED) is 0.738. The SMILES string of the molecule is N#Cc1ccc(N2C3CC[C@H]2CN(C(=O)COC2(c4cncc(F)c4)CCC2)C3)nc1. The first-order chi connectivity index (χ1) is 15.1. The Balaban J connectivity index is 1.23. The van der Waals surface area contributed by atoms with Gasteiger partial charge in [0.1, 0.15) is 24.3 Å². The van der Waals surface area contributed by atoms with Gasteiger partial charge in [-0.05, 0) is 50.3 Å². The van der Waals surface area contributed by atoms with Crippen molar-refractivity contribution in [3.8, 4) is 6.07 Å². The van der Waals surface area contributed by atoms with E-state index < -0.39 is 5.60 Å². The summed E-state index contributed by atoms with van der Waals surface area (Å²) in [6.45, 7) is 1.26. The zero-order valence-corrected chi connectivity index (χ0v) is 17.2. The number of carbonyl (C=O) groups excluding carboxylic acids is 1. The smallest absolute Gasteiger partial charge is 0.248 e. The van der Waals surface area contributed by atoms with Crippen molar-refractivity contribution < 1.29 is 13.9 Å². The maximum Gasteiger partial charge on any atom is 0.248 e. The van der Waals surface area contributed by atoms with Crippen LogP contribution in [0.25, 0.3) is 0 Å². The molecule has 2 saturated heterocycles. The van der Waals surface area contributed by atoms with Crippen LogP contribution in [0.3, 0.4) is 0 Å². The molecule has 2 aromatic heterocycles. The van der Waals surface area contributed by atoms with Gasteiger partial charge in [0.2, 0.25) is 5.91 Å². The number of nitrogens with zero attached hydrogens (tertiary/aromatic N) is 5. The number of nitriles is 1. The molecule has 1 unspecified atom stereocenters. The van der Waals surface area contributed by atoms with E-state index in [1.54, 1.807) is 18.5 Å². The molecule has 0 N–H and O–H groups in total. The number of likely N-dealkylation sites (tertiary alicyclic amines) is 1. The van der Waals surface area contributed by atoms with Crippen molar-refractivity contribution in [3.63, 3.8) is 0 Å². The number of anilines is 1. The molecule has 3 aliphatic rings. The molecule has 5 rings (SSSR count). The number of rotatable bonds is 5. The summed E-state index contributed by atoms with van der Waals surface area (Å²) in [6.07, 6.45) is 8.97. The van der Waals surface area contributed by atoms with Gasteiger partial charge in [0.05, 0.1) is 17.4 Å². The first-order valence-corrected chi connectivity index (χ1v) is 10.8. The van der Waals surface area contributed by atoms with Crippen molar-refractivity contribution in [2.24, 2.45) is 0 Å². The summed E-state index contributed by atoms with van der Waals surface area (Å²) < 4.78 is 19.7. The molecule has 0 aromatic carbocycles. The lowest BCUT2D eigenvalue weighted by Gasteiger charge is -2.44. The van der Waals surface area contributed by atoms with Gasteiger partial charge in [-0.3, -0.25) is 9.78 Å². The predicted molar refractivity (Wildman–Crippen MR) is 110 cm³/mol. The minimum atomic E-state index is -0.599. The van der Waals surface area contributed by atoms with Crippen LogP contribution in [0, 0.1) is 17.1 Å². The third kappa shape index (κ3) is 3.63. The van der Waals surface area contributed by atoms with E-state index in [0.29, 0.717) is 24.2 Å². The summed E-state index contributed by atoms with van der Waals surface area (Å²) in [5.41, 5.74) is 0.654. The molecule has 2 aromatic rings. The number of aromatic nitrogens is 2. The number of ether oxygens (including phenoxy) is 1. The lowest BCUT2D eigenvalue weighted by molar-refractivity contribution is -0.154. The highest BCUT2D eigenvalue weighted by Gasteiger charge is 2.44. The van der Waals surface area contributed by atoms with E-state index in [2.05, 4.69) is 20.9 Å². The van der Waals surface area contributed by atoms with Crippen LogP contribution in [0.1, 0.15) is 43.2 Å². The molecular formula is C23H24FN5O2. The molecule has 2 atom stereocenters. The largest absolute Gasteiger partial charge is 0.360 e. The van der Waals surface area contributed by atoms with E-state index in [1.165, 1.54) is 12.3 Å².